The SMILES string of the molecule is CC(C)(C)[Si](O[C@H]1C[C@@H]2C[C@H]1[C@H]1[C@@H]2OC(=O)N1[C@@H]1C(=O)C[C@@H]2C=C(Br)[C@H]1O2)(c1ccccc1)c1ccccc1. The van der Waals surface area contributed by atoms with Gasteiger partial charge in [0.15, 0.2) is 5.78 Å². The third kappa shape index (κ3) is 3.78. The van der Waals surface area contributed by atoms with Crippen LogP contribution in [0.5, 0.6) is 0 Å². The second kappa shape index (κ2) is 9.13. The van der Waals surface area contributed by atoms with Crippen LogP contribution in [0.25, 0.3) is 0 Å². The van der Waals surface area contributed by atoms with Crippen LogP contribution in [0.4, 0.5) is 4.79 Å². The number of nitrogens with zero attached hydrogens (tertiary/aromatic N) is 1. The predicted octanol–water partition coefficient (Wildman–Crippen LogP) is 4.55. The second-order valence-corrected chi connectivity index (χ2v) is 17.9. The van der Waals surface area contributed by atoms with Gasteiger partial charge in [-0.05, 0) is 34.3 Å². The van der Waals surface area contributed by atoms with Gasteiger partial charge in [0, 0.05) is 22.7 Å². The van der Waals surface area contributed by atoms with E-state index in [0.29, 0.717) is 0 Å². The molecule has 3 aliphatic heterocycles. The number of ether oxygens (including phenoxy) is 2. The molecule has 2 saturated heterocycles. The van der Waals surface area contributed by atoms with Crippen molar-refractivity contribution in [3.8, 4) is 0 Å². The first-order valence-electron chi connectivity index (χ1n) is 14.0. The van der Waals surface area contributed by atoms with Gasteiger partial charge in [0.05, 0.1) is 18.2 Å². The summed E-state index contributed by atoms with van der Waals surface area (Å²) in [5.41, 5.74) is 0. The van der Waals surface area contributed by atoms with Gasteiger partial charge in [0.25, 0.3) is 8.32 Å². The quantitative estimate of drug-likeness (QED) is 0.467. The van der Waals surface area contributed by atoms with Crippen LogP contribution in [0.2, 0.25) is 5.04 Å². The van der Waals surface area contributed by atoms with Gasteiger partial charge in [0.1, 0.15) is 18.2 Å². The number of carbonyl (C=O) groups excluding carboxylic acids is 2. The van der Waals surface area contributed by atoms with Crippen molar-refractivity contribution in [1.29, 1.82) is 0 Å². The number of amides is 1. The van der Waals surface area contributed by atoms with Crippen LogP contribution in [-0.2, 0) is 18.7 Å². The standard InChI is InChI=1S/C31H34BrNO5Si/c1-31(2,3)39(20-10-6-4-7-11-20,21-12-8-5-9-13-21)38-25-15-18-14-22(25)26-28(18)37-30(35)33(26)27-24(34)17-19-16-23(32)29(27)36-19/h4-13,16,18-19,22,25-29H,14-15,17H2,1-3H3/t18-,19-,22+,25-,26-,27+,28+,29+/m0/s1. The fraction of sp³-hybridized carbons (Fsp3) is 0.484. The van der Waals surface area contributed by atoms with Crippen LogP contribution in [0.1, 0.15) is 40.0 Å². The monoisotopic (exact) mass is 607 g/mol. The van der Waals surface area contributed by atoms with Crippen LogP contribution in [-0.4, -0.2) is 61.6 Å². The summed E-state index contributed by atoms with van der Waals surface area (Å²) in [6.45, 7) is 6.88. The molecule has 5 aliphatic rings. The Balaban J connectivity index is 1.27. The molecule has 2 saturated carbocycles. The average Bonchev–Trinajstić information content (AvgIpc) is 3.64. The molecule has 4 fully saturated rings. The van der Waals surface area contributed by atoms with E-state index in [1.807, 2.05) is 6.08 Å². The van der Waals surface area contributed by atoms with Crippen LogP contribution in [0, 0.1) is 11.8 Å². The average molecular weight is 609 g/mol. The van der Waals surface area contributed by atoms with E-state index in [4.69, 9.17) is 13.9 Å². The number of hydrogen-bond acceptors (Lipinski definition) is 5. The maximum absolute atomic E-state index is 13.4. The van der Waals surface area contributed by atoms with E-state index in [-0.39, 0.29) is 53.4 Å². The van der Waals surface area contributed by atoms with Crippen LogP contribution >= 0.6 is 15.9 Å². The van der Waals surface area contributed by atoms with Gasteiger partial charge in [-0.25, -0.2) is 4.79 Å². The second-order valence-electron chi connectivity index (χ2n) is 12.7. The Hall–Kier alpha value is -2.26. The molecule has 0 aromatic heterocycles. The normalized spacial score (nSPS) is 35.3. The smallest absolute Gasteiger partial charge is 0.411 e. The molecule has 0 N–H and O–H groups in total. The Labute approximate surface area is 238 Å². The van der Waals surface area contributed by atoms with Crippen molar-refractivity contribution >= 4 is 46.5 Å². The lowest BCUT2D eigenvalue weighted by atomic mass is 9.88. The number of ketones is 1. The maximum atomic E-state index is 13.4. The topological polar surface area (TPSA) is 65.1 Å². The highest BCUT2D eigenvalue weighted by molar-refractivity contribution is 9.11. The molecule has 4 bridgehead atoms. The number of halogens is 1. The molecule has 1 amide bonds. The van der Waals surface area contributed by atoms with Crippen molar-refractivity contribution in [2.24, 2.45) is 11.8 Å². The number of benzene rings is 2. The lowest BCUT2D eigenvalue weighted by Gasteiger charge is -2.47. The van der Waals surface area contributed by atoms with E-state index in [1.54, 1.807) is 4.90 Å². The van der Waals surface area contributed by atoms with E-state index in [1.165, 1.54) is 10.4 Å². The van der Waals surface area contributed by atoms with Crippen LogP contribution in [0.3, 0.4) is 0 Å². The lowest BCUT2D eigenvalue weighted by Crippen LogP contribution is -2.69. The summed E-state index contributed by atoms with van der Waals surface area (Å²) in [5, 5.41) is 2.36. The highest BCUT2D eigenvalue weighted by Gasteiger charge is 2.66. The molecule has 2 aromatic rings. The van der Waals surface area contributed by atoms with Crippen molar-refractivity contribution in [3.05, 3.63) is 71.2 Å². The van der Waals surface area contributed by atoms with Crippen LogP contribution in [0.15, 0.2) is 71.2 Å². The molecule has 0 radical (unpaired) electrons. The Bertz CT molecular complexity index is 1290. The zero-order valence-corrected chi connectivity index (χ0v) is 25.0. The molecule has 2 aliphatic carbocycles. The Morgan fingerprint density at radius 2 is 1.62 bits per heavy atom. The van der Waals surface area contributed by atoms with E-state index >= 15 is 0 Å². The van der Waals surface area contributed by atoms with Crippen molar-refractivity contribution in [2.45, 2.75) is 81.6 Å². The zero-order valence-electron chi connectivity index (χ0n) is 22.5. The van der Waals surface area contributed by atoms with Crippen molar-refractivity contribution in [1.82, 2.24) is 4.90 Å². The van der Waals surface area contributed by atoms with Gasteiger partial charge in [-0.2, -0.15) is 0 Å². The molecular weight excluding hydrogens is 574 g/mol. The van der Waals surface area contributed by atoms with Gasteiger partial charge >= 0.3 is 6.09 Å². The molecule has 39 heavy (non-hydrogen) atoms. The van der Waals surface area contributed by atoms with E-state index in [9.17, 15) is 9.59 Å². The predicted molar refractivity (Wildman–Crippen MR) is 154 cm³/mol. The third-order valence-corrected chi connectivity index (χ3v) is 15.4. The minimum Gasteiger partial charge on any atom is -0.444 e. The summed E-state index contributed by atoms with van der Waals surface area (Å²) in [4.78, 5) is 28.4. The number of carbonyl (C=O) groups is 2. The minimum absolute atomic E-state index is 0.0329. The van der Waals surface area contributed by atoms with Gasteiger partial charge in [0.2, 0.25) is 0 Å². The summed E-state index contributed by atoms with van der Waals surface area (Å²) in [5.74, 6) is 0.377. The molecule has 8 heteroatoms. The first kappa shape index (κ1) is 25.7. The van der Waals surface area contributed by atoms with E-state index in [2.05, 4.69) is 97.4 Å². The molecule has 204 valence electrons. The van der Waals surface area contributed by atoms with Gasteiger partial charge in [-0.15, -0.1) is 0 Å². The van der Waals surface area contributed by atoms with Crippen molar-refractivity contribution in [3.63, 3.8) is 0 Å². The molecule has 8 atom stereocenters. The summed E-state index contributed by atoms with van der Waals surface area (Å²) in [6, 6.07) is 20.5. The Morgan fingerprint density at radius 3 is 2.23 bits per heavy atom. The van der Waals surface area contributed by atoms with E-state index < -0.39 is 26.6 Å². The van der Waals surface area contributed by atoms with Crippen molar-refractivity contribution < 1.29 is 23.5 Å². The first-order chi connectivity index (χ1) is 18.7. The Kier molecular flexibility index (Phi) is 6.01. The fourth-order valence-electron chi connectivity index (χ4n) is 8.09. The highest BCUT2D eigenvalue weighted by Crippen LogP contribution is 2.55. The summed E-state index contributed by atoms with van der Waals surface area (Å²) in [7, 11) is -2.77. The zero-order chi connectivity index (χ0) is 27.1. The lowest BCUT2D eigenvalue weighted by molar-refractivity contribution is -0.139. The number of rotatable bonds is 5. The third-order valence-electron chi connectivity index (χ3n) is 9.60. The number of Topliss-reactive ketones (excluding diaryl/α,β-unsaturated/α-hetero) is 1. The van der Waals surface area contributed by atoms with Gasteiger partial charge in [-0.3, -0.25) is 9.69 Å². The van der Waals surface area contributed by atoms with E-state index in [0.717, 1.165) is 17.3 Å². The summed E-state index contributed by atoms with van der Waals surface area (Å²) >= 11 is 3.60. The molecular formula is C31H34BrNO5Si. The molecule has 7 rings (SSSR count). The van der Waals surface area contributed by atoms with Crippen molar-refractivity contribution in [2.75, 3.05) is 0 Å². The minimum atomic E-state index is -2.77. The van der Waals surface area contributed by atoms with Gasteiger partial charge in [-0.1, -0.05) is 97.4 Å². The van der Waals surface area contributed by atoms with Gasteiger partial charge < -0.3 is 13.9 Å². The maximum Gasteiger partial charge on any atom is 0.411 e. The molecule has 0 unspecified atom stereocenters. The fourth-order valence-corrected chi connectivity index (χ4v) is 13.5. The largest absolute Gasteiger partial charge is 0.444 e. The number of fused-ring (bicyclic) bond motifs is 7. The number of hydrogen-bond donors (Lipinski definition) is 0. The molecule has 0 spiro atoms. The highest BCUT2D eigenvalue weighted by atomic mass is 79.9. The molecule has 3 heterocycles. The Morgan fingerprint density at radius 1 is 0.974 bits per heavy atom. The molecule has 6 nitrogen and oxygen atoms in total. The van der Waals surface area contributed by atoms with Crippen LogP contribution < -0.4 is 10.4 Å². The summed E-state index contributed by atoms with van der Waals surface area (Å²) < 4.78 is 20.5. The summed E-state index contributed by atoms with van der Waals surface area (Å²) in [6.07, 6.45) is 2.75. The molecule has 2 aromatic carbocycles. The first-order valence-corrected chi connectivity index (χ1v) is 16.7.